The second-order valence-electron chi connectivity index (χ2n) is 7.07. The minimum Gasteiger partial charge on any atom is -0.493 e. The quantitative estimate of drug-likeness (QED) is 0.429. The molecule has 2 aromatic carbocycles. The second kappa shape index (κ2) is 11.5. The van der Waals surface area contributed by atoms with Crippen LogP contribution in [0, 0.1) is 6.92 Å². The van der Waals surface area contributed by atoms with Gasteiger partial charge in [-0.15, -0.1) is 0 Å². The van der Waals surface area contributed by atoms with Crippen LogP contribution in [0.5, 0.6) is 11.5 Å². The predicted molar refractivity (Wildman–Crippen MR) is 119 cm³/mol. The lowest BCUT2D eigenvalue weighted by Crippen LogP contribution is -2.37. The van der Waals surface area contributed by atoms with Crippen molar-refractivity contribution in [2.24, 2.45) is 0 Å². The molecule has 0 radical (unpaired) electrons. The largest absolute Gasteiger partial charge is 0.493 e. The maximum atomic E-state index is 12.3. The van der Waals surface area contributed by atoms with Crippen molar-refractivity contribution in [3.8, 4) is 11.5 Å². The van der Waals surface area contributed by atoms with Crippen LogP contribution in [0.4, 0.5) is 5.69 Å². The average Bonchev–Trinajstić information content (AvgIpc) is 2.73. The summed E-state index contributed by atoms with van der Waals surface area (Å²) in [5, 5.41) is 5.77. The molecule has 162 valence electrons. The summed E-state index contributed by atoms with van der Waals surface area (Å²) >= 11 is 5.96. The number of methoxy groups -OCH3 is 1. The van der Waals surface area contributed by atoms with Crippen molar-refractivity contribution in [2.75, 3.05) is 19.0 Å². The van der Waals surface area contributed by atoms with Crippen LogP contribution in [-0.4, -0.2) is 25.5 Å². The number of aryl methyl sites for hydroxylation is 1. The Morgan fingerprint density at radius 1 is 1.07 bits per heavy atom. The van der Waals surface area contributed by atoms with Crippen molar-refractivity contribution in [1.82, 2.24) is 5.32 Å². The van der Waals surface area contributed by atoms with E-state index in [0.717, 1.165) is 30.4 Å². The molecule has 6 nitrogen and oxygen atoms in total. The number of hydrogen-bond donors (Lipinski definition) is 2. The van der Waals surface area contributed by atoms with Gasteiger partial charge >= 0.3 is 11.8 Å². The van der Waals surface area contributed by atoms with E-state index >= 15 is 0 Å². The first-order chi connectivity index (χ1) is 14.3. The summed E-state index contributed by atoms with van der Waals surface area (Å²) in [4.78, 5) is 24.6. The third-order valence-electron chi connectivity index (χ3n) is 4.69. The van der Waals surface area contributed by atoms with Gasteiger partial charge in [0.15, 0.2) is 11.5 Å². The molecule has 0 aromatic heterocycles. The van der Waals surface area contributed by atoms with E-state index in [2.05, 4.69) is 17.6 Å². The van der Waals surface area contributed by atoms with Gasteiger partial charge in [0, 0.05) is 10.7 Å². The molecular formula is C23H29ClN2O4. The lowest BCUT2D eigenvalue weighted by atomic mass is 10.1. The molecule has 0 saturated heterocycles. The highest BCUT2D eigenvalue weighted by molar-refractivity contribution is 6.40. The number of unbranched alkanes of at least 4 members (excludes halogenated alkanes) is 2. The molecule has 2 amide bonds. The highest BCUT2D eigenvalue weighted by Crippen LogP contribution is 2.30. The Kier molecular flexibility index (Phi) is 8.99. The molecule has 2 N–H and O–H groups in total. The molecule has 1 unspecified atom stereocenters. The van der Waals surface area contributed by atoms with Crippen molar-refractivity contribution in [1.29, 1.82) is 0 Å². The Morgan fingerprint density at radius 3 is 2.53 bits per heavy atom. The molecule has 0 heterocycles. The summed E-state index contributed by atoms with van der Waals surface area (Å²) in [5.41, 5.74) is 2.11. The van der Waals surface area contributed by atoms with Crippen molar-refractivity contribution in [3.63, 3.8) is 0 Å². The topological polar surface area (TPSA) is 76.7 Å². The van der Waals surface area contributed by atoms with E-state index in [1.807, 2.05) is 19.1 Å². The molecular weight excluding hydrogens is 404 g/mol. The molecule has 2 rings (SSSR count). The third-order valence-corrected chi connectivity index (χ3v) is 4.93. The van der Waals surface area contributed by atoms with Gasteiger partial charge in [0.05, 0.1) is 19.8 Å². The number of ether oxygens (including phenoxy) is 2. The molecule has 0 aliphatic heterocycles. The van der Waals surface area contributed by atoms with Crippen LogP contribution in [0.25, 0.3) is 0 Å². The molecule has 0 saturated carbocycles. The van der Waals surface area contributed by atoms with Gasteiger partial charge in [0.25, 0.3) is 0 Å². The first kappa shape index (κ1) is 23.5. The molecule has 7 heteroatoms. The SMILES string of the molecule is CCCCCOc1ccc(C(C)NC(=O)C(=O)Nc2cc(Cl)ccc2C)cc1OC. The molecule has 0 aliphatic carbocycles. The van der Waals surface area contributed by atoms with Gasteiger partial charge in [-0.25, -0.2) is 0 Å². The van der Waals surface area contributed by atoms with Gasteiger partial charge in [-0.05, 0) is 55.7 Å². The van der Waals surface area contributed by atoms with Gasteiger partial charge in [0.1, 0.15) is 0 Å². The van der Waals surface area contributed by atoms with Crippen molar-refractivity contribution >= 4 is 29.1 Å². The zero-order valence-corrected chi connectivity index (χ0v) is 18.6. The van der Waals surface area contributed by atoms with E-state index in [1.165, 1.54) is 0 Å². The number of carbonyl (C=O) groups excluding carboxylic acids is 2. The average molecular weight is 433 g/mol. The van der Waals surface area contributed by atoms with Gasteiger partial charge in [-0.3, -0.25) is 9.59 Å². The number of carbonyl (C=O) groups is 2. The highest BCUT2D eigenvalue weighted by Gasteiger charge is 2.19. The molecule has 0 fully saturated rings. The number of benzene rings is 2. The van der Waals surface area contributed by atoms with E-state index < -0.39 is 17.9 Å². The first-order valence-electron chi connectivity index (χ1n) is 10.0. The van der Waals surface area contributed by atoms with E-state index in [-0.39, 0.29) is 0 Å². The van der Waals surface area contributed by atoms with Gasteiger partial charge in [-0.2, -0.15) is 0 Å². The van der Waals surface area contributed by atoms with Crippen LogP contribution < -0.4 is 20.1 Å². The zero-order valence-electron chi connectivity index (χ0n) is 17.9. The Hall–Kier alpha value is -2.73. The fraction of sp³-hybridized carbons (Fsp3) is 0.391. The number of rotatable bonds is 9. The Balaban J connectivity index is 2.00. The van der Waals surface area contributed by atoms with Crippen molar-refractivity contribution in [2.45, 2.75) is 46.1 Å². The van der Waals surface area contributed by atoms with Gasteiger partial charge in [0.2, 0.25) is 0 Å². The standard InChI is InChI=1S/C23H29ClN2O4/c1-5-6-7-12-30-20-11-9-17(13-21(20)29-4)16(3)25-22(27)23(28)26-19-14-18(24)10-8-15(19)2/h8-11,13-14,16H,5-7,12H2,1-4H3,(H,25,27)(H,26,28). The minimum absolute atomic E-state index is 0.397. The molecule has 30 heavy (non-hydrogen) atoms. The smallest absolute Gasteiger partial charge is 0.313 e. The van der Waals surface area contributed by atoms with E-state index in [0.29, 0.717) is 28.8 Å². The Morgan fingerprint density at radius 2 is 1.83 bits per heavy atom. The Labute approximate surface area is 182 Å². The summed E-state index contributed by atoms with van der Waals surface area (Å²) < 4.78 is 11.2. The van der Waals surface area contributed by atoms with Crippen LogP contribution >= 0.6 is 11.6 Å². The fourth-order valence-corrected chi connectivity index (χ4v) is 3.03. The van der Waals surface area contributed by atoms with E-state index in [4.69, 9.17) is 21.1 Å². The number of amides is 2. The first-order valence-corrected chi connectivity index (χ1v) is 10.4. The van der Waals surface area contributed by atoms with Gasteiger partial charge in [-0.1, -0.05) is 43.5 Å². The normalized spacial score (nSPS) is 11.5. The molecule has 0 aliphatic rings. The lowest BCUT2D eigenvalue weighted by Gasteiger charge is -2.17. The maximum absolute atomic E-state index is 12.3. The van der Waals surface area contributed by atoms with Gasteiger partial charge < -0.3 is 20.1 Å². The molecule has 0 spiro atoms. The van der Waals surface area contributed by atoms with Crippen LogP contribution in [-0.2, 0) is 9.59 Å². The summed E-state index contributed by atoms with van der Waals surface area (Å²) in [6.07, 6.45) is 3.22. The number of hydrogen-bond acceptors (Lipinski definition) is 4. The van der Waals surface area contributed by atoms with Crippen LogP contribution in [0.1, 0.15) is 50.3 Å². The van der Waals surface area contributed by atoms with Crippen molar-refractivity contribution < 1.29 is 19.1 Å². The molecule has 2 aromatic rings. The van der Waals surface area contributed by atoms with E-state index in [1.54, 1.807) is 38.3 Å². The van der Waals surface area contributed by atoms with Crippen molar-refractivity contribution in [3.05, 3.63) is 52.5 Å². The van der Waals surface area contributed by atoms with Crippen LogP contribution in [0.3, 0.4) is 0 Å². The summed E-state index contributed by atoms with van der Waals surface area (Å²) in [6.45, 7) is 6.39. The maximum Gasteiger partial charge on any atom is 0.313 e. The third kappa shape index (κ3) is 6.66. The molecule has 0 bridgehead atoms. The second-order valence-corrected chi connectivity index (χ2v) is 7.51. The number of nitrogens with one attached hydrogen (secondary N) is 2. The summed E-state index contributed by atoms with van der Waals surface area (Å²) in [6, 6.07) is 10.2. The molecule has 1 atom stereocenters. The Bertz CT molecular complexity index is 886. The zero-order chi connectivity index (χ0) is 22.1. The fourth-order valence-electron chi connectivity index (χ4n) is 2.86. The lowest BCUT2D eigenvalue weighted by molar-refractivity contribution is -0.136. The van der Waals surface area contributed by atoms with Crippen LogP contribution in [0.2, 0.25) is 5.02 Å². The minimum atomic E-state index is -0.755. The van der Waals surface area contributed by atoms with Crippen LogP contribution in [0.15, 0.2) is 36.4 Å². The van der Waals surface area contributed by atoms with E-state index in [9.17, 15) is 9.59 Å². The number of halogens is 1. The summed E-state index contributed by atoms with van der Waals surface area (Å²) in [7, 11) is 1.57. The highest BCUT2D eigenvalue weighted by atomic mass is 35.5. The monoisotopic (exact) mass is 432 g/mol. The predicted octanol–water partition coefficient (Wildman–Crippen LogP) is 5.04. The number of anilines is 1. The summed E-state index contributed by atoms with van der Waals surface area (Å²) in [5.74, 6) is -0.245.